The zero-order valence-electron chi connectivity index (χ0n) is 9.91. The van der Waals surface area contributed by atoms with Crippen molar-refractivity contribution in [3.63, 3.8) is 0 Å². The summed E-state index contributed by atoms with van der Waals surface area (Å²) in [5, 5.41) is 2.81. The molecule has 0 fully saturated rings. The average Bonchev–Trinajstić information content (AvgIpc) is 2.33. The van der Waals surface area contributed by atoms with Crippen LogP contribution in [-0.2, 0) is 0 Å². The summed E-state index contributed by atoms with van der Waals surface area (Å²) in [7, 11) is 0. The number of halogens is 3. The molecular formula is C11H12F3N5. The third-order valence-electron chi connectivity index (χ3n) is 2.40. The van der Waals surface area contributed by atoms with Crippen molar-refractivity contribution in [3.05, 3.63) is 18.3 Å². The van der Waals surface area contributed by atoms with E-state index in [0.29, 0.717) is 16.9 Å². The first-order valence-corrected chi connectivity index (χ1v) is 5.64. The van der Waals surface area contributed by atoms with Gasteiger partial charge in [-0.15, -0.1) is 0 Å². The van der Waals surface area contributed by atoms with E-state index in [1.165, 1.54) is 0 Å². The molecule has 2 aromatic heterocycles. The Bertz CT molecular complexity index is 570. The number of fused-ring (bicyclic) bond motifs is 1. The van der Waals surface area contributed by atoms with E-state index >= 15 is 0 Å². The van der Waals surface area contributed by atoms with Crippen LogP contribution in [0.1, 0.15) is 12.8 Å². The molecule has 2 rings (SSSR count). The Morgan fingerprint density at radius 2 is 2.05 bits per heavy atom. The lowest BCUT2D eigenvalue weighted by Crippen LogP contribution is -2.12. The van der Waals surface area contributed by atoms with E-state index in [9.17, 15) is 13.2 Å². The second-order valence-electron chi connectivity index (χ2n) is 3.95. The van der Waals surface area contributed by atoms with E-state index in [4.69, 9.17) is 5.73 Å². The van der Waals surface area contributed by atoms with Gasteiger partial charge >= 0.3 is 6.18 Å². The number of rotatable bonds is 4. The van der Waals surface area contributed by atoms with Crippen LogP contribution in [0.25, 0.3) is 11.0 Å². The average molecular weight is 271 g/mol. The van der Waals surface area contributed by atoms with Gasteiger partial charge in [0.2, 0.25) is 5.95 Å². The van der Waals surface area contributed by atoms with Gasteiger partial charge in [0, 0.05) is 19.2 Å². The second kappa shape index (κ2) is 5.25. The number of pyridine rings is 1. The summed E-state index contributed by atoms with van der Waals surface area (Å²) >= 11 is 0. The molecule has 0 unspecified atom stereocenters. The molecule has 0 spiro atoms. The standard InChI is InChI=1S/C11H12F3N5/c12-11(13,14)4-2-6-17-9-8-7(3-1-5-16-8)18-10(15)19-9/h1,3,5H,2,4,6H2,(H3,15,17,18,19). The SMILES string of the molecule is Nc1nc(NCCCC(F)(F)F)c2ncccc2n1. The molecule has 0 aliphatic heterocycles. The summed E-state index contributed by atoms with van der Waals surface area (Å²) in [6.45, 7) is 0.141. The molecule has 102 valence electrons. The molecular weight excluding hydrogens is 259 g/mol. The highest BCUT2D eigenvalue weighted by Gasteiger charge is 2.25. The number of nitrogens with one attached hydrogen (secondary N) is 1. The van der Waals surface area contributed by atoms with Crippen LogP contribution in [0, 0.1) is 0 Å². The van der Waals surface area contributed by atoms with Gasteiger partial charge in [0.05, 0.1) is 5.52 Å². The molecule has 0 saturated heterocycles. The van der Waals surface area contributed by atoms with Gasteiger partial charge in [0.25, 0.3) is 0 Å². The predicted molar refractivity (Wildman–Crippen MR) is 65.5 cm³/mol. The van der Waals surface area contributed by atoms with Gasteiger partial charge in [0.15, 0.2) is 5.82 Å². The molecule has 0 aromatic carbocycles. The van der Waals surface area contributed by atoms with Crippen LogP contribution >= 0.6 is 0 Å². The molecule has 0 aliphatic rings. The summed E-state index contributed by atoms with van der Waals surface area (Å²) in [6, 6.07) is 3.41. The van der Waals surface area contributed by atoms with Crippen LogP contribution in [0.15, 0.2) is 18.3 Å². The number of nitrogens with two attached hydrogens (primary N) is 1. The zero-order valence-corrected chi connectivity index (χ0v) is 9.91. The third kappa shape index (κ3) is 3.67. The Kier molecular flexibility index (Phi) is 3.68. The van der Waals surface area contributed by atoms with Crippen molar-refractivity contribution in [2.24, 2.45) is 0 Å². The van der Waals surface area contributed by atoms with Crippen LogP contribution < -0.4 is 11.1 Å². The van der Waals surface area contributed by atoms with Gasteiger partial charge in [-0.25, -0.2) is 4.98 Å². The van der Waals surface area contributed by atoms with Gasteiger partial charge < -0.3 is 11.1 Å². The molecule has 2 heterocycles. The first-order valence-electron chi connectivity index (χ1n) is 5.64. The van der Waals surface area contributed by atoms with Gasteiger partial charge in [-0.3, -0.25) is 4.98 Å². The second-order valence-corrected chi connectivity index (χ2v) is 3.95. The molecule has 0 bridgehead atoms. The minimum atomic E-state index is -4.15. The fourth-order valence-electron chi connectivity index (χ4n) is 1.60. The Balaban J connectivity index is 2.08. The van der Waals surface area contributed by atoms with Crippen molar-refractivity contribution >= 4 is 22.8 Å². The summed E-state index contributed by atoms with van der Waals surface area (Å²) in [5.74, 6) is 0.407. The van der Waals surface area contributed by atoms with E-state index in [-0.39, 0.29) is 18.9 Å². The van der Waals surface area contributed by atoms with Gasteiger partial charge in [0.1, 0.15) is 5.52 Å². The molecule has 2 aromatic rings. The van der Waals surface area contributed by atoms with Crippen LogP contribution in [0.4, 0.5) is 24.9 Å². The summed E-state index contributed by atoms with van der Waals surface area (Å²) in [4.78, 5) is 12.0. The minimum Gasteiger partial charge on any atom is -0.368 e. The normalized spacial score (nSPS) is 11.7. The largest absolute Gasteiger partial charge is 0.389 e. The maximum absolute atomic E-state index is 12.0. The van der Waals surface area contributed by atoms with Crippen LogP contribution in [0.5, 0.6) is 0 Å². The van der Waals surface area contributed by atoms with Crippen molar-refractivity contribution in [1.29, 1.82) is 0 Å². The highest BCUT2D eigenvalue weighted by molar-refractivity contribution is 5.85. The van der Waals surface area contributed by atoms with Gasteiger partial charge in [-0.05, 0) is 18.6 Å². The van der Waals surface area contributed by atoms with Crippen LogP contribution in [-0.4, -0.2) is 27.7 Å². The fourth-order valence-corrected chi connectivity index (χ4v) is 1.60. The fraction of sp³-hybridized carbons (Fsp3) is 0.364. The number of nitrogens with zero attached hydrogens (tertiary/aromatic N) is 3. The van der Waals surface area contributed by atoms with E-state index in [1.54, 1.807) is 18.3 Å². The number of nitrogen functional groups attached to an aromatic ring is 1. The highest BCUT2D eigenvalue weighted by atomic mass is 19.4. The van der Waals surface area contributed by atoms with Crippen LogP contribution in [0.2, 0.25) is 0 Å². The molecule has 0 atom stereocenters. The highest BCUT2D eigenvalue weighted by Crippen LogP contribution is 2.22. The first-order chi connectivity index (χ1) is 8.96. The lowest BCUT2D eigenvalue weighted by molar-refractivity contribution is -0.134. The first kappa shape index (κ1) is 13.3. The van der Waals surface area contributed by atoms with Gasteiger partial charge in [-0.2, -0.15) is 18.2 Å². The summed E-state index contributed by atoms with van der Waals surface area (Å²) in [6.07, 6.45) is -3.47. The zero-order chi connectivity index (χ0) is 13.9. The molecule has 0 amide bonds. The van der Waals surface area contributed by atoms with Crippen molar-refractivity contribution in [3.8, 4) is 0 Å². The third-order valence-corrected chi connectivity index (χ3v) is 2.40. The van der Waals surface area contributed by atoms with Crippen molar-refractivity contribution < 1.29 is 13.2 Å². The predicted octanol–water partition coefficient (Wildman–Crippen LogP) is 2.36. The Labute approximate surface area is 107 Å². The quantitative estimate of drug-likeness (QED) is 0.835. The Morgan fingerprint density at radius 1 is 1.26 bits per heavy atom. The molecule has 0 radical (unpaired) electrons. The summed E-state index contributed by atoms with van der Waals surface area (Å²) in [5.41, 5.74) is 6.57. The van der Waals surface area contributed by atoms with Crippen LogP contribution in [0.3, 0.4) is 0 Å². The lowest BCUT2D eigenvalue weighted by atomic mass is 10.3. The molecule has 3 N–H and O–H groups in total. The monoisotopic (exact) mass is 271 g/mol. The van der Waals surface area contributed by atoms with Crippen molar-refractivity contribution in [1.82, 2.24) is 15.0 Å². The number of hydrogen-bond donors (Lipinski definition) is 2. The lowest BCUT2D eigenvalue weighted by Gasteiger charge is -2.09. The van der Waals surface area contributed by atoms with Crippen molar-refractivity contribution in [2.45, 2.75) is 19.0 Å². The topological polar surface area (TPSA) is 76.7 Å². The number of alkyl halides is 3. The minimum absolute atomic E-state index is 0.0399. The molecule has 0 aliphatic carbocycles. The van der Waals surface area contributed by atoms with Crippen molar-refractivity contribution in [2.75, 3.05) is 17.6 Å². The maximum Gasteiger partial charge on any atom is 0.389 e. The van der Waals surface area contributed by atoms with E-state index < -0.39 is 12.6 Å². The summed E-state index contributed by atoms with van der Waals surface area (Å²) < 4.78 is 36.0. The molecule has 5 nitrogen and oxygen atoms in total. The maximum atomic E-state index is 12.0. The number of hydrogen-bond acceptors (Lipinski definition) is 5. The number of anilines is 2. The Morgan fingerprint density at radius 3 is 2.79 bits per heavy atom. The van der Waals surface area contributed by atoms with Gasteiger partial charge in [-0.1, -0.05) is 0 Å². The Hall–Kier alpha value is -2.12. The molecule has 19 heavy (non-hydrogen) atoms. The van der Waals surface area contributed by atoms with E-state index in [0.717, 1.165) is 0 Å². The number of aromatic nitrogens is 3. The molecule has 8 heteroatoms. The van der Waals surface area contributed by atoms with E-state index in [1.807, 2.05) is 0 Å². The molecule has 0 saturated carbocycles. The smallest absolute Gasteiger partial charge is 0.368 e. The van der Waals surface area contributed by atoms with E-state index in [2.05, 4.69) is 20.3 Å².